The number of benzene rings is 2. The van der Waals surface area contributed by atoms with Crippen molar-refractivity contribution < 1.29 is 0 Å². The van der Waals surface area contributed by atoms with E-state index in [0.717, 1.165) is 16.4 Å². The van der Waals surface area contributed by atoms with Gasteiger partial charge < -0.3 is 4.98 Å². The van der Waals surface area contributed by atoms with Gasteiger partial charge in [-0.1, -0.05) is 18.2 Å². The summed E-state index contributed by atoms with van der Waals surface area (Å²) in [4.78, 5) is 12.3. The van der Waals surface area contributed by atoms with Crippen LogP contribution in [0.2, 0.25) is 0 Å². The maximum absolute atomic E-state index is 4.51. The molecule has 1 N–H and O–H groups in total. The summed E-state index contributed by atoms with van der Waals surface area (Å²) < 4.78 is 0. The number of aromatic amines is 1. The van der Waals surface area contributed by atoms with Crippen LogP contribution in [0, 0.1) is 0 Å². The van der Waals surface area contributed by atoms with Crippen LogP contribution < -0.4 is 10.6 Å². The first kappa shape index (κ1) is 9.28. The van der Waals surface area contributed by atoms with Gasteiger partial charge in [-0.3, -0.25) is 9.98 Å². The van der Waals surface area contributed by atoms with Gasteiger partial charge in [0.15, 0.2) is 0 Å². The van der Waals surface area contributed by atoms with E-state index < -0.39 is 0 Å². The van der Waals surface area contributed by atoms with Gasteiger partial charge in [-0.05, 0) is 12.1 Å². The zero-order chi connectivity index (χ0) is 12.4. The van der Waals surface area contributed by atoms with Crippen LogP contribution in [-0.2, 0) is 0 Å². The van der Waals surface area contributed by atoms with E-state index in [1.165, 1.54) is 27.1 Å². The van der Waals surface area contributed by atoms with Crippen molar-refractivity contribution in [2.45, 2.75) is 0 Å². The van der Waals surface area contributed by atoms with E-state index in [1.54, 1.807) is 0 Å². The van der Waals surface area contributed by atoms with Crippen molar-refractivity contribution in [2.75, 3.05) is 0 Å². The van der Waals surface area contributed by atoms with Crippen LogP contribution in [-0.4, -0.2) is 11.2 Å². The molecule has 0 spiro atoms. The molecule has 0 saturated carbocycles. The average Bonchev–Trinajstić information content (AvgIpc) is 3.14. The second-order valence-corrected chi connectivity index (χ2v) is 4.86. The van der Waals surface area contributed by atoms with Crippen LogP contribution >= 0.6 is 0 Å². The Balaban J connectivity index is 2.23. The third-order valence-electron chi connectivity index (χ3n) is 3.90. The summed E-state index contributed by atoms with van der Waals surface area (Å²) in [7, 11) is 0. The number of nitrogens with zero attached hydrogens (tertiary/aromatic N) is 2. The summed E-state index contributed by atoms with van der Waals surface area (Å²) in [5.74, 6) is 0. The zero-order valence-electron chi connectivity index (χ0n) is 10.0. The first-order valence-electron chi connectivity index (χ1n) is 6.27. The highest BCUT2D eigenvalue weighted by molar-refractivity contribution is 6.11. The van der Waals surface area contributed by atoms with E-state index in [1.807, 2.05) is 24.7 Å². The molecule has 3 nitrogen and oxygen atoms in total. The van der Waals surface area contributed by atoms with Crippen molar-refractivity contribution in [2.24, 2.45) is 9.98 Å². The standard InChI is InChI=1S/C16H9N3/c1-2-4-13-10(3-1)14-12-8-17-7-11(12)9-5-6-18-15(9)16(14)19-13/h1-8,19H. The number of H-pyrrole nitrogens is 1. The molecule has 0 radical (unpaired) electrons. The van der Waals surface area contributed by atoms with Crippen LogP contribution in [0.5, 0.6) is 0 Å². The summed E-state index contributed by atoms with van der Waals surface area (Å²) in [6.45, 7) is 0. The molecule has 0 saturated heterocycles. The monoisotopic (exact) mass is 243 g/mol. The second kappa shape index (κ2) is 3.01. The van der Waals surface area contributed by atoms with Gasteiger partial charge in [-0.15, -0.1) is 0 Å². The predicted molar refractivity (Wildman–Crippen MR) is 77.7 cm³/mol. The number of fused-ring (bicyclic) bond motifs is 8. The quantitative estimate of drug-likeness (QED) is 0.628. The molecule has 88 valence electrons. The van der Waals surface area contributed by atoms with Crippen LogP contribution in [0.3, 0.4) is 0 Å². The number of para-hydroxylation sites is 1. The maximum atomic E-state index is 4.51. The minimum Gasteiger partial charge on any atom is -0.353 e. The Morgan fingerprint density at radius 3 is 3.00 bits per heavy atom. The highest BCUT2D eigenvalue weighted by Crippen LogP contribution is 2.23. The number of hydrogen-bond donors (Lipinski definition) is 1. The Hall–Kier alpha value is -2.68. The minimum atomic E-state index is 1.03. The number of rotatable bonds is 0. The van der Waals surface area contributed by atoms with Crippen LogP contribution in [0.4, 0.5) is 0 Å². The van der Waals surface area contributed by atoms with Crippen molar-refractivity contribution in [3.05, 3.63) is 52.2 Å². The normalized spacial score (nSPS) is 14.7. The summed E-state index contributed by atoms with van der Waals surface area (Å²) in [5.41, 5.74) is 4.62. The van der Waals surface area contributed by atoms with Crippen molar-refractivity contribution >= 4 is 40.3 Å². The Kier molecular flexibility index (Phi) is 1.47. The maximum Gasteiger partial charge on any atom is 0.0950 e. The lowest BCUT2D eigenvalue weighted by Gasteiger charge is -2.00. The van der Waals surface area contributed by atoms with Crippen LogP contribution in [0.1, 0.15) is 11.1 Å². The molecule has 0 unspecified atom stereocenters. The van der Waals surface area contributed by atoms with E-state index in [9.17, 15) is 0 Å². The molecule has 3 heteroatoms. The van der Waals surface area contributed by atoms with E-state index in [4.69, 9.17) is 0 Å². The van der Waals surface area contributed by atoms with Gasteiger partial charge in [0.1, 0.15) is 0 Å². The van der Waals surface area contributed by atoms with E-state index >= 15 is 0 Å². The van der Waals surface area contributed by atoms with E-state index in [-0.39, 0.29) is 0 Å². The summed E-state index contributed by atoms with van der Waals surface area (Å²) >= 11 is 0. The Labute approximate surface area is 108 Å². The number of aliphatic imine (C=N–C) groups is 1. The second-order valence-electron chi connectivity index (χ2n) is 4.86. The van der Waals surface area contributed by atoms with E-state index in [0.29, 0.717) is 0 Å². The number of aromatic nitrogens is 1. The van der Waals surface area contributed by atoms with Crippen molar-refractivity contribution in [1.82, 2.24) is 4.98 Å². The molecule has 0 atom stereocenters. The molecular weight excluding hydrogens is 234 g/mol. The fourth-order valence-corrected chi connectivity index (χ4v) is 3.09. The molecule has 2 aliphatic heterocycles. The first-order valence-corrected chi connectivity index (χ1v) is 6.27. The van der Waals surface area contributed by atoms with Gasteiger partial charge >= 0.3 is 0 Å². The SMILES string of the molecule is C1=Cc2c3c(c4c([nH]c5ccccc54)c2=N1)=CN=C3. The van der Waals surface area contributed by atoms with Gasteiger partial charge in [0.2, 0.25) is 0 Å². The third kappa shape index (κ3) is 0.993. The molecule has 1 aromatic heterocycles. The van der Waals surface area contributed by atoms with Gasteiger partial charge in [0, 0.05) is 51.2 Å². The van der Waals surface area contributed by atoms with Crippen LogP contribution in [0.15, 0.2) is 40.5 Å². The van der Waals surface area contributed by atoms with Crippen molar-refractivity contribution in [3.63, 3.8) is 0 Å². The van der Waals surface area contributed by atoms with Gasteiger partial charge in [0.05, 0.1) is 10.9 Å². The Morgan fingerprint density at radius 2 is 2.00 bits per heavy atom. The molecule has 5 rings (SSSR count). The minimum absolute atomic E-state index is 1.03. The highest BCUT2D eigenvalue weighted by Gasteiger charge is 2.17. The van der Waals surface area contributed by atoms with Gasteiger partial charge in [-0.25, -0.2) is 0 Å². The summed E-state index contributed by atoms with van der Waals surface area (Å²) in [6.07, 6.45) is 7.80. The lowest BCUT2D eigenvalue weighted by Crippen LogP contribution is -2.18. The number of nitrogens with one attached hydrogen (secondary N) is 1. The highest BCUT2D eigenvalue weighted by atomic mass is 14.8. The Morgan fingerprint density at radius 1 is 1.05 bits per heavy atom. The van der Waals surface area contributed by atoms with Crippen molar-refractivity contribution in [1.29, 1.82) is 0 Å². The Bertz CT molecular complexity index is 1050. The van der Waals surface area contributed by atoms with Gasteiger partial charge in [-0.2, -0.15) is 0 Å². The molecule has 0 amide bonds. The van der Waals surface area contributed by atoms with Crippen molar-refractivity contribution in [3.8, 4) is 0 Å². The molecular formula is C16H9N3. The van der Waals surface area contributed by atoms with Crippen LogP contribution in [0.25, 0.3) is 34.1 Å². The zero-order valence-corrected chi connectivity index (χ0v) is 10.0. The third-order valence-corrected chi connectivity index (χ3v) is 3.90. The molecule has 19 heavy (non-hydrogen) atoms. The molecule has 2 aliphatic rings. The molecule has 3 aromatic rings. The summed E-state index contributed by atoms with van der Waals surface area (Å²) in [5, 5.41) is 4.70. The smallest absolute Gasteiger partial charge is 0.0950 e. The predicted octanol–water partition coefficient (Wildman–Crippen LogP) is 2.10. The lowest BCUT2D eigenvalue weighted by molar-refractivity contribution is 1.38. The fourth-order valence-electron chi connectivity index (χ4n) is 3.09. The number of hydrogen-bond acceptors (Lipinski definition) is 2. The average molecular weight is 243 g/mol. The summed E-state index contributed by atoms with van der Waals surface area (Å²) in [6, 6.07) is 8.37. The molecule has 2 aromatic carbocycles. The first-order chi connectivity index (χ1) is 9.43. The lowest BCUT2D eigenvalue weighted by atomic mass is 10.0. The molecule has 0 bridgehead atoms. The fraction of sp³-hybridized carbons (Fsp3) is 0. The molecule has 0 fully saturated rings. The molecule has 3 heterocycles. The van der Waals surface area contributed by atoms with Gasteiger partial charge in [0.25, 0.3) is 0 Å². The molecule has 0 aliphatic carbocycles. The van der Waals surface area contributed by atoms with E-state index in [2.05, 4.69) is 39.2 Å². The topological polar surface area (TPSA) is 40.5 Å². The largest absolute Gasteiger partial charge is 0.353 e.